The first-order chi connectivity index (χ1) is 10.9. The van der Waals surface area contributed by atoms with Gasteiger partial charge >= 0.3 is 0 Å². The molecule has 2 aromatic rings. The molecule has 0 aliphatic carbocycles. The van der Waals surface area contributed by atoms with Gasteiger partial charge in [0.1, 0.15) is 11.5 Å². The van der Waals surface area contributed by atoms with Crippen molar-refractivity contribution >= 4 is 11.8 Å². The van der Waals surface area contributed by atoms with Crippen LogP contribution in [-0.2, 0) is 0 Å². The molecule has 0 saturated carbocycles. The molecule has 120 valence electrons. The Morgan fingerprint density at radius 3 is 2.09 bits per heavy atom. The van der Waals surface area contributed by atoms with Crippen molar-refractivity contribution in [1.29, 1.82) is 0 Å². The summed E-state index contributed by atoms with van der Waals surface area (Å²) in [6.07, 6.45) is 0. The van der Waals surface area contributed by atoms with Crippen molar-refractivity contribution in [3.05, 3.63) is 47.5 Å². The zero-order valence-corrected chi connectivity index (χ0v) is 11.5. The summed E-state index contributed by atoms with van der Waals surface area (Å²) < 4.78 is 0. The van der Waals surface area contributed by atoms with Crippen molar-refractivity contribution in [3.63, 3.8) is 0 Å². The molecule has 2 amide bonds. The van der Waals surface area contributed by atoms with Gasteiger partial charge in [-0.05, 0) is 30.3 Å². The van der Waals surface area contributed by atoms with Crippen LogP contribution in [0.1, 0.15) is 20.7 Å². The third-order valence-corrected chi connectivity index (χ3v) is 2.74. The fraction of sp³-hybridized carbons (Fsp3) is 0. The minimum atomic E-state index is -0.828. The number of hydrogen-bond acceptors (Lipinski definition) is 7. The van der Waals surface area contributed by atoms with Gasteiger partial charge in [0.2, 0.25) is 0 Å². The van der Waals surface area contributed by atoms with Crippen molar-refractivity contribution in [1.82, 2.24) is 11.0 Å². The molecule has 2 aromatic carbocycles. The van der Waals surface area contributed by atoms with Gasteiger partial charge in [0.25, 0.3) is 11.8 Å². The van der Waals surface area contributed by atoms with Gasteiger partial charge < -0.3 is 20.2 Å². The molecule has 0 bridgehead atoms. The molecule has 0 heterocycles. The standard InChI is InChI=1S/C14H12N2O7/c17-9-3-8(4-10(18)6-9)14(21)16-23-12-2-1-7(5-11(12)19)13(20)15-22/h1-6,17-19,22H,(H,15,20)(H,16,21). The number of phenols is 3. The third kappa shape index (κ3) is 3.80. The predicted octanol–water partition coefficient (Wildman–Crippen LogP) is 0.646. The molecule has 0 spiro atoms. The number of hydroxylamine groups is 2. The van der Waals surface area contributed by atoms with E-state index in [1.165, 1.54) is 17.6 Å². The maximum Gasteiger partial charge on any atom is 0.284 e. The lowest BCUT2D eigenvalue weighted by molar-refractivity contribution is 0.0703. The van der Waals surface area contributed by atoms with Gasteiger partial charge in [-0.2, -0.15) is 5.48 Å². The fourth-order valence-electron chi connectivity index (χ4n) is 1.70. The first kappa shape index (κ1) is 15.9. The quantitative estimate of drug-likeness (QED) is 0.358. The van der Waals surface area contributed by atoms with Gasteiger partial charge in [0.15, 0.2) is 11.5 Å². The first-order valence-corrected chi connectivity index (χ1v) is 6.18. The van der Waals surface area contributed by atoms with Gasteiger partial charge in [0.05, 0.1) is 0 Å². The third-order valence-electron chi connectivity index (χ3n) is 2.74. The van der Waals surface area contributed by atoms with E-state index in [4.69, 9.17) is 10.0 Å². The summed E-state index contributed by atoms with van der Waals surface area (Å²) in [5, 5.41) is 36.8. The Labute approximate surface area is 129 Å². The van der Waals surface area contributed by atoms with Crippen molar-refractivity contribution in [2.24, 2.45) is 0 Å². The van der Waals surface area contributed by atoms with E-state index >= 15 is 0 Å². The molecule has 0 saturated heterocycles. The van der Waals surface area contributed by atoms with Gasteiger partial charge in [0, 0.05) is 17.2 Å². The normalized spacial score (nSPS) is 9.96. The largest absolute Gasteiger partial charge is 0.508 e. The summed E-state index contributed by atoms with van der Waals surface area (Å²) in [6, 6.07) is 6.72. The molecule has 0 unspecified atom stereocenters. The maximum absolute atomic E-state index is 11.8. The van der Waals surface area contributed by atoms with E-state index in [-0.39, 0.29) is 28.4 Å². The summed E-state index contributed by atoms with van der Waals surface area (Å²) in [5.41, 5.74) is 3.31. The van der Waals surface area contributed by atoms with Crippen LogP contribution in [0.25, 0.3) is 0 Å². The molecule has 9 nitrogen and oxygen atoms in total. The van der Waals surface area contributed by atoms with Gasteiger partial charge in [-0.25, -0.2) is 5.48 Å². The molecule has 0 atom stereocenters. The number of phenolic OH excluding ortho intramolecular Hbond substituents is 3. The Balaban J connectivity index is 2.08. The van der Waals surface area contributed by atoms with Gasteiger partial charge in [-0.1, -0.05) is 0 Å². The van der Waals surface area contributed by atoms with Gasteiger partial charge in [-0.15, -0.1) is 0 Å². The second kappa shape index (κ2) is 6.54. The van der Waals surface area contributed by atoms with Crippen LogP contribution in [0.3, 0.4) is 0 Å². The second-order valence-electron chi connectivity index (χ2n) is 4.39. The highest BCUT2D eigenvalue weighted by Crippen LogP contribution is 2.26. The van der Waals surface area contributed by atoms with E-state index in [0.717, 1.165) is 24.3 Å². The Morgan fingerprint density at radius 2 is 1.52 bits per heavy atom. The highest BCUT2D eigenvalue weighted by Gasteiger charge is 2.13. The molecule has 9 heteroatoms. The van der Waals surface area contributed by atoms with Crippen LogP contribution >= 0.6 is 0 Å². The van der Waals surface area contributed by atoms with Crippen LogP contribution in [0.15, 0.2) is 36.4 Å². The molecule has 0 aliphatic heterocycles. The molecule has 23 heavy (non-hydrogen) atoms. The number of aromatic hydroxyl groups is 3. The summed E-state index contributed by atoms with van der Waals surface area (Å²) in [4.78, 5) is 27.9. The number of amides is 2. The van der Waals surface area contributed by atoms with Gasteiger partial charge in [-0.3, -0.25) is 14.8 Å². The monoisotopic (exact) mass is 320 g/mol. The van der Waals surface area contributed by atoms with Crippen molar-refractivity contribution in [2.75, 3.05) is 0 Å². The van der Waals surface area contributed by atoms with Crippen molar-refractivity contribution < 1.29 is 35.0 Å². The summed E-state index contributed by atoms with van der Waals surface area (Å²) in [6.45, 7) is 0. The summed E-state index contributed by atoms with van der Waals surface area (Å²) in [7, 11) is 0. The fourth-order valence-corrected chi connectivity index (χ4v) is 1.70. The molecule has 0 aromatic heterocycles. The van der Waals surface area contributed by atoms with E-state index in [9.17, 15) is 24.9 Å². The average Bonchev–Trinajstić information content (AvgIpc) is 2.51. The topological polar surface area (TPSA) is 148 Å². The molecule has 0 radical (unpaired) electrons. The number of carbonyl (C=O) groups is 2. The maximum atomic E-state index is 11.8. The Hall–Kier alpha value is -3.46. The van der Waals surface area contributed by atoms with Crippen LogP contribution in [0.5, 0.6) is 23.0 Å². The molecule has 0 fully saturated rings. The number of hydrogen-bond donors (Lipinski definition) is 6. The lowest BCUT2D eigenvalue weighted by Gasteiger charge is -2.10. The molecule has 6 N–H and O–H groups in total. The molecule has 2 rings (SSSR count). The Kier molecular flexibility index (Phi) is 4.52. The summed E-state index contributed by atoms with van der Waals surface area (Å²) >= 11 is 0. The van der Waals surface area contributed by atoms with Crippen LogP contribution in [0.4, 0.5) is 0 Å². The van der Waals surface area contributed by atoms with Crippen LogP contribution in [0, 0.1) is 0 Å². The molecular weight excluding hydrogens is 308 g/mol. The minimum Gasteiger partial charge on any atom is -0.508 e. The Morgan fingerprint density at radius 1 is 0.870 bits per heavy atom. The zero-order valence-electron chi connectivity index (χ0n) is 11.5. The molecule has 0 aliphatic rings. The first-order valence-electron chi connectivity index (χ1n) is 6.18. The zero-order chi connectivity index (χ0) is 17.0. The smallest absolute Gasteiger partial charge is 0.284 e. The average molecular weight is 320 g/mol. The highest BCUT2D eigenvalue weighted by atomic mass is 16.7. The van der Waals surface area contributed by atoms with E-state index < -0.39 is 17.6 Å². The number of benzene rings is 2. The van der Waals surface area contributed by atoms with Crippen LogP contribution in [-0.4, -0.2) is 32.3 Å². The van der Waals surface area contributed by atoms with Crippen molar-refractivity contribution in [2.45, 2.75) is 0 Å². The highest BCUT2D eigenvalue weighted by molar-refractivity contribution is 5.95. The predicted molar refractivity (Wildman–Crippen MR) is 75.2 cm³/mol. The summed E-state index contributed by atoms with van der Waals surface area (Å²) in [5.74, 6) is -2.84. The van der Waals surface area contributed by atoms with Crippen LogP contribution < -0.4 is 15.8 Å². The van der Waals surface area contributed by atoms with E-state index in [1.807, 2.05) is 5.48 Å². The number of nitrogens with one attached hydrogen (secondary N) is 2. The second-order valence-corrected chi connectivity index (χ2v) is 4.39. The minimum absolute atomic E-state index is 0.0263. The van der Waals surface area contributed by atoms with E-state index in [0.29, 0.717) is 0 Å². The SMILES string of the molecule is O=C(NO)c1ccc(ONC(=O)c2cc(O)cc(O)c2)c(O)c1. The molecular formula is C14H12N2O7. The Bertz CT molecular complexity index is 741. The van der Waals surface area contributed by atoms with Crippen LogP contribution in [0.2, 0.25) is 0 Å². The number of carbonyl (C=O) groups excluding carboxylic acids is 2. The van der Waals surface area contributed by atoms with E-state index in [1.54, 1.807) is 0 Å². The van der Waals surface area contributed by atoms with E-state index in [2.05, 4.69) is 0 Å². The lowest BCUT2D eigenvalue weighted by Crippen LogP contribution is -2.27. The van der Waals surface area contributed by atoms with Crippen molar-refractivity contribution in [3.8, 4) is 23.0 Å². The number of rotatable bonds is 4. The lowest BCUT2D eigenvalue weighted by atomic mass is 10.2.